The van der Waals surface area contributed by atoms with Gasteiger partial charge in [-0.3, -0.25) is 4.98 Å². The monoisotopic (exact) mass is 321 g/mol. The van der Waals surface area contributed by atoms with E-state index in [1.807, 2.05) is 18.2 Å². The van der Waals surface area contributed by atoms with Crippen molar-refractivity contribution in [2.45, 2.75) is 6.61 Å². The van der Waals surface area contributed by atoms with Gasteiger partial charge in [0.1, 0.15) is 11.3 Å². The molecule has 126 valence electrons. The van der Waals surface area contributed by atoms with Gasteiger partial charge in [-0.15, -0.1) is 0 Å². The number of aromatic hydroxyl groups is 1. The van der Waals surface area contributed by atoms with Crippen molar-refractivity contribution < 1.29 is 24.1 Å². The second-order valence-corrected chi connectivity index (χ2v) is 4.91. The number of methoxy groups -OCH3 is 1. The summed E-state index contributed by atoms with van der Waals surface area (Å²) >= 11 is 0. The molecule has 0 saturated heterocycles. The number of benzene rings is 1. The Morgan fingerprint density at radius 3 is 2.35 bits per heavy atom. The van der Waals surface area contributed by atoms with Crippen LogP contribution < -0.4 is 0 Å². The number of pyridine rings is 1. The summed E-state index contributed by atoms with van der Waals surface area (Å²) in [6.45, 7) is 3.74. The Bertz CT molecular complexity index is 590. The zero-order valence-electron chi connectivity index (χ0n) is 13.4. The van der Waals surface area contributed by atoms with E-state index in [4.69, 9.17) is 18.9 Å². The van der Waals surface area contributed by atoms with E-state index in [2.05, 4.69) is 4.98 Å². The van der Waals surface area contributed by atoms with E-state index in [0.717, 1.165) is 10.9 Å². The van der Waals surface area contributed by atoms with Crippen molar-refractivity contribution in [2.24, 2.45) is 0 Å². The van der Waals surface area contributed by atoms with E-state index in [1.165, 1.54) is 0 Å². The van der Waals surface area contributed by atoms with Crippen LogP contribution in [0.15, 0.2) is 30.5 Å². The van der Waals surface area contributed by atoms with Crippen molar-refractivity contribution in [1.29, 1.82) is 0 Å². The number of hydrogen-bond donors (Lipinski definition) is 1. The van der Waals surface area contributed by atoms with E-state index in [1.54, 1.807) is 19.4 Å². The Morgan fingerprint density at radius 1 is 0.913 bits per heavy atom. The third-order valence-corrected chi connectivity index (χ3v) is 3.27. The number of fused-ring (bicyclic) bond motifs is 1. The highest BCUT2D eigenvalue weighted by atomic mass is 16.6. The average Bonchev–Trinajstić information content (AvgIpc) is 2.58. The van der Waals surface area contributed by atoms with Gasteiger partial charge in [-0.1, -0.05) is 12.1 Å². The number of nitrogens with zero attached hydrogens (tertiary/aromatic N) is 1. The van der Waals surface area contributed by atoms with Crippen LogP contribution in [0.1, 0.15) is 5.56 Å². The first-order valence-corrected chi connectivity index (χ1v) is 7.60. The van der Waals surface area contributed by atoms with E-state index < -0.39 is 0 Å². The zero-order chi connectivity index (χ0) is 16.3. The van der Waals surface area contributed by atoms with E-state index in [9.17, 15) is 5.11 Å². The molecule has 23 heavy (non-hydrogen) atoms. The number of phenols is 1. The van der Waals surface area contributed by atoms with Crippen LogP contribution in [0.5, 0.6) is 5.75 Å². The summed E-state index contributed by atoms with van der Waals surface area (Å²) in [5, 5.41) is 10.7. The Labute approximate surface area is 136 Å². The molecule has 2 aromatic rings. The minimum Gasteiger partial charge on any atom is -0.506 e. The summed E-state index contributed by atoms with van der Waals surface area (Å²) in [6, 6.07) is 7.26. The van der Waals surface area contributed by atoms with Crippen molar-refractivity contribution in [3.8, 4) is 5.75 Å². The van der Waals surface area contributed by atoms with Gasteiger partial charge < -0.3 is 24.1 Å². The van der Waals surface area contributed by atoms with Gasteiger partial charge in [0, 0.05) is 18.7 Å². The molecule has 0 amide bonds. The molecular formula is C17H23NO5. The van der Waals surface area contributed by atoms with Crippen LogP contribution in [-0.4, -0.2) is 56.8 Å². The fourth-order valence-corrected chi connectivity index (χ4v) is 2.11. The highest BCUT2D eigenvalue weighted by Gasteiger charge is 2.05. The molecule has 6 nitrogen and oxygen atoms in total. The molecule has 1 heterocycles. The van der Waals surface area contributed by atoms with Crippen LogP contribution >= 0.6 is 0 Å². The van der Waals surface area contributed by atoms with Crippen molar-refractivity contribution in [1.82, 2.24) is 4.98 Å². The SMILES string of the molecule is COCCOCCOCCOCc1ccc(O)c2ncccc12. The van der Waals surface area contributed by atoms with Gasteiger partial charge in [0.25, 0.3) is 0 Å². The van der Waals surface area contributed by atoms with Gasteiger partial charge >= 0.3 is 0 Å². The molecule has 0 aliphatic rings. The Morgan fingerprint density at radius 2 is 1.61 bits per heavy atom. The lowest BCUT2D eigenvalue weighted by Crippen LogP contribution is -2.11. The molecule has 1 aromatic carbocycles. The fraction of sp³-hybridized carbons (Fsp3) is 0.471. The van der Waals surface area contributed by atoms with Crippen LogP contribution in [0.25, 0.3) is 10.9 Å². The van der Waals surface area contributed by atoms with E-state index >= 15 is 0 Å². The Balaban J connectivity index is 1.65. The van der Waals surface area contributed by atoms with Gasteiger partial charge in [-0.05, 0) is 17.7 Å². The molecule has 0 atom stereocenters. The standard InChI is InChI=1S/C17H23NO5/c1-20-7-8-21-9-10-22-11-12-23-13-14-4-5-16(19)17-15(14)3-2-6-18-17/h2-6,19H,7-13H2,1H3. The van der Waals surface area contributed by atoms with Crippen LogP contribution in [0.3, 0.4) is 0 Å². The number of rotatable bonds is 11. The molecule has 0 fully saturated rings. The van der Waals surface area contributed by atoms with Crippen LogP contribution in [-0.2, 0) is 25.6 Å². The molecule has 6 heteroatoms. The molecule has 1 N–H and O–H groups in total. The van der Waals surface area contributed by atoms with Crippen molar-refractivity contribution >= 4 is 10.9 Å². The van der Waals surface area contributed by atoms with Gasteiger partial charge in [-0.2, -0.15) is 0 Å². The molecule has 0 saturated carbocycles. The van der Waals surface area contributed by atoms with Crippen LogP contribution in [0.4, 0.5) is 0 Å². The first-order chi connectivity index (χ1) is 11.3. The largest absolute Gasteiger partial charge is 0.506 e. The topological polar surface area (TPSA) is 70.0 Å². The van der Waals surface area contributed by atoms with Gasteiger partial charge in [0.2, 0.25) is 0 Å². The predicted octanol–water partition coefficient (Wildman–Crippen LogP) is 2.14. The summed E-state index contributed by atoms with van der Waals surface area (Å²) in [7, 11) is 1.64. The molecule has 2 rings (SSSR count). The molecular weight excluding hydrogens is 298 g/mol. The number of ether oxygens (including phenoxy) is 4. The maximum absolute atomic E-state index is 9.80. The average molecular weight is 321 g/mol. The Kier molecular flexibility index (Phi) is 7.75. The molecule has 0 spiro atoms. The Hall–Kier alpha value is -1.73. The second-order valence-electron chi connectivity index (χ2n) is 4.91. The number of phenolic OH excluding ortho intramolecular Hbond substituents is 1. The molecule has 0 radical (unpaired) electrons. The van der Waals surface area contributed by atoms with Crippen LogP contribution in [0, 0.1) is 0 Å². The molecule has 0 unspecified atom stereocenters. The van der Waals surface area contributed by atoms with E-state index in [0.29, 0.717) is 51.8 Å². The lowest BCUT2D eigenvalue weighted by Gasteiger charge is -2.09. The van der Waals surface area contributed by atoms with Crippen molar-refractivity contribution in [3.63, 3.8) is 0 Å². The van der Waals surface area contributed by atoms with E-state index in [-0.39, 0.29) is 5.75 Å². The maximum atomic E-state index is 9.80. The van der Waals surface area contributed by atoms with Crippen molar-refractivity contribution in [2.75, 3.05) is 46.8 Å². The molecule has 0 aliphatic heterocycles. The first-order valence-electron chi connectivity index (χ1n) is 7.60. The van der Waals surface area contributed by atoms with Gasteiger partial charge in [-0.25, -0.2) is 0 Å². The predicted molar refractivity (Wildman–Crippen MR) is 86.6 cm³/mol. The smallest absolute Gasteiger partial charge is 0.141 e. The van der Waals surface area contributed by atoms with Gasteiger partial charge in [0.15, 0.2) is 0 Å². The summed E-state index contributed by atoms with van der Waals surface area (Å²) in [5.41, 5.74) is 1.59. The number of hydrogen-bond acceptors (Lipinski definition) is 6. The fourth-order valence-electron chi connectivity index (χ4n) is 2.11. The highest BCUT2D eigenvalue weighted by molar-refractivity contribution is 5.86. The second kappa shape index (κ2) is 10.1. The third kappa shape index (κ3) is 5.76. The highest BCUT2D eigenvalue weighted by Crippen LogP contribution is 2.25. The van der Waals surface area contributed by atoms with Gasteiger partial charge in [0.05, 0.1) is 46.2 Å². The zero-order valence-corrected chi connectivity index (χ0v) is 13.4. The van der Waals surface area contributed by atoms with Crippen molar-refractivity contribution in [3.05, 3.63) is 36.0 Å². The summed E-state index contributed by atoms with van der Waals surface area (Å²) in [5.74, 6) is 0.182. The lowest BCUT2D eigenvalue weighted by atomic mass is 10.1. The molecule has 0 bridgehead atoms. The summed E-state index contributed by atoms with van der Waals surface area (Å²) in [4.78, 5) is 4.19. The number of aromatic nitrogens is 1. The normalized spacial score (nSPS) is 11.2. The minimum absolute atomic E-state index is 0.182. The first kappa shape index (κ1) is 17.6. The lowest BCUT2D eigenvalue weighted by molar-refractivity contribution is 0.00100. The summed E-state index contributed by atoms with van der Waals surface area (Å²) in [6.07, 6.45) is 1.66. The quantitative estimate of drug-likeness (QED) is 0.639. The maximum Gasteiger partial charge on any atom is 0.141 e. The third-order valence-electron chi connectivity index (χ3n) is 3.27. The minimum atomic E-state index is 0.182. The molecule has 0 aliphatic carbocycles. The van der Waals surface area contributed by atoms with Crippen LogP contribution in [0.2, 0.25) is 0 Å². The summed E-state index contributed by atoms with van der Waals surface area (Å²) < 4.78 is 21.2. The molecule has 1 aromatic heterocycles.